The first-order valence-electron chi connectivity index (χ1n) is 5.84. The molecule has 0 spiro atoms. The molecule has 0 radical (unpaired) electrons. The minimum atomic E-state index is -0.536. The van der Waals surface area contributed by atoms with Crippen molar-refractivity contribution in [1.29, 1.82) is 0 Å². The van der Waals surface area contributed by atoms with Gasteiger partial charge in [-0.1, -0.05) is 15.9 Å². The summed E-state index contributed by atoms with van der Waals surface area (Å²) in [5.41, 5.74) is 0.0284. The van der Waals surface area contributed by atoms with Crippen LogP contribution in [0.4, 0.5) is 4.39 Å². The van der Waals surface area contributed by atoms with Gasteiger partial charge < -0.3 is 9.73 Å². The molecular weight excluding hydrogens is 313 g/mol. The Morgan fingerprint density at radius 1 is 1.47 bits per heavy atom. The monoisotopic (exact) mass is 325 g/mol. The fourth-order valence-corrected chi connectivity index (χ4v) is 2.12. The van der Waals surface area contributed by atoms with Crippen LogP contribution >= 0.6 is 15.9 Å². The van der Waals surface area contributed by atoms with Crippen LogP contribution in [-0.4, -0.2) is 11.9 Å². The fraction of sp³-hybridized carbons (Fsp3) is 0.214. The highest BCUT2D eigenvalue weighted by molar-refractivity contribution is 9.10. The Balaban J connectivity index is 2.02. The molecule has 0 aliphatic carbocycles. The van der Waals surface area contributed by atoms with Gasteiger partial charge in [-0.2, -0.15) is 0 Å². The third-order valence-corrected chi connectivity index (χ3v) is 3.13. The van der Waals surface area contributed by atoms with E-state index < -0.39 is 11.7 Å². The van der Waals surface area contributed by atoms with E-state index in [4.69, 9.17) is 4.42 Å². The third-order valence-electron chi connectivity index (χ3n) is 2.64. The summed E-state index contributed by atoms with van der Waals surface area (Å²) in [6, 6.07) is 7.76. The predicted octanol–water partition coefficient (Wildman–Crippen LogP) is 3.54. The summed E-state index contributed by atoms with van der Waals surface area (Å²) in [7, 11) is 0. The van der Waals surface area contributed by atoms with Crippen molar-refractivity contribution in [3.8, 4) is 0 Å². The molecule has 1 N–H and O–H groups in total. The van der Waals surface area contributed by atoms with Crippen LogP contribution in [0.5, 0.6) is 0 Å². The van der Waals surface area contributed by atoms with Gasteiger partial charge in [0.25, 0.3) is 5.91 Å². The Morgan fingerprint density at radius 3 is 2.95 bits per heavy atom. The van der Waals surface area contributed by atoms with E-state index in [1.165, 1.54) is 12.1 Å². The van der Waals surface area contributed by atoms with Crippen molar-refractivity contribution in [2.45, 2.75) is 19.4 Å². The first kappa shape index (κ1) is 13.8. The highest BCUT2D eigenvalue weighted by Gasteiger charge is 2.15. The number of carbonyl (C=O) groups is 1. The van der Waals surface area contributed by atoms with Crippen molar-refractivity contribution in [1.82, 2.24) is 5.32 Å². The summed E-state index contributed by atoms with van der Waals surface area (Å²) >= 11 is 3.22. The van der Waals surface area contributed by atoms with Crippen LogP contribution in [0.2, 0.25) is 0 Å². The van der Waals surface area contributed by atoms with Gasteiger partial charge >= 0.3 is 0 Å². The van der Waals surface area contributed by atoms with Crippen LogP contribution < -0.4 is 5.32 Å². The van der Waals surface area contributed by atoms with Gasteiger partial charge in [-0.05, 0) is 37.3 Å². The molecule has 100 valence electrons. The summed E-state index contributed by atoms with van der Waals surface area (Å²) in [4.78, 5) is 12.0. The maximum absolute atomic E-state index is 13.5. The van der Waals surface area contributed by atoms with E-state index in [9.17, 15) is 9.18 Å². The quantitative estimate of drug-likeness (QED) is 0.934. The average Bonchev–Trinajstić information content (AvgIpc) is 2.84. The van der Waals surface area contributed by atoms with Crippen molar-refractivity contribution >= 4 is 21.8 Å². The second-order valence-electron chi connectivity index (χ2n) is 4.28. The first-order chi connectivity index (χ1) is 9.06. The highest BCUT2D eigenvalue weighted by atomic mass is 79.9. The van der Waals surface area contributed by atoms with E-state index >= 15 is 0 Å². The molecule has 0 fully saturated rings. The number of benzene rings is 1. The smallest absolute Gasteiger partial charge is 0.254 e. The number of amides is 1. The molecule has 0 aliphatic heterocycles. The second kappa shape index (κ2) is 6.02. The maximum atomic E-state index is 13.5. The Morgan fingerprint density at radius 2 is 2.26 bits per heavy atom. The molecular formula is C14H13BrFNO2. The summed E-state index contributed by atoms with van der Waals surface area (Å²) in [5, 5.41) is 2.74. The van der Waals surface area contributed by atoms with E-state index in [2.05, 4.69) is 21.2 Å². The van der Waals surface area contributed by atoms with Crippen LogP contribution in [0.25, 0.3) is 0 Å². The number of hydrogen-bond acceptors (Lipinski definition) is 2. The molecule has 0 bridgehead atoms. The summed E-state index contributed by atoms with van der Waals surface area (Å²) in [6.07, 6.45) is 2.15. The van der Waals surface area contributed by atoms with Gasteiger partial charge in [-0.3, -0.25) is 4.79 Å². The topological polar surface area (TPSA) is 42.2 Å². The molecule has 0 aliphatic rings. The standard InChI is InChI=1S/C14H13BrFNO2/c1-9(7-11-3-2-6-19-11)17-14(18)12-8-10(15)4-5-13(12)16/h2-6,8-9H,7H2,1H3,(H,17,18). The van der Waals surface area contributed by atoms with Crippen LogP contribution in [-0.2, 0) is 6.42 Å². The van der Waals surface area contributed by atoms with Crippen LogP contribution in [0, 0.1) is 5.82 Å². The van der Waals surface area contributed by atoms with Crippen molar-refractivity contribution < 1.29 is 13.6 Å². The number of hydrogen-bond donors (Lipinski definition) is 1. The lowest BCUT2D eigenvalue weighted by molar-refractivity contribution is 0.0935. The summed E-state index contributed by atoms with van der Waals surface area (Å²) in [5.74, 6) is -0.189. The summed E-state index contributed by atoms with van der Waals surface area (Å²) < 4.78 is 19.4. The lowest BCUT2D eigenvalue weighted by atomic mass is 10.1. The third kappa shape index (κ3) is 3.67. The molecule has 2 aromatic rings. The van der Waals surface area contributed by atoms with Gasteiger partial charge in [0.1, 0.15) is 11.6 Å². The van der Waals surface area contributed by atoms with E-state index in [-0.39, 0.29) is 11.6 Å². The lowest BCUT2D eigenvalue weighted by Crippen LogP contribution is -2.34. The predicted molar refractivity (Wildman–Crippen MR) is 73.4 cm³/mol. The zero-order valence-corrected chi connectivity index (χ0v) is 11.9. The van der Waals surface area contributed by atoms with Gasteiger partial charge in [0, 0.05) is 16.9 Å². The molecule has 2 rings (SSSR count). The Kier molecular flexibility index (Phi) is 4.37. The molecule has 0 saturated heterocycles. The minimum absolute atomic E-state index is 0.0284. The number of furan rings is 1. The highest BCUT2D eigenvalue weighted by Crippen LogP contribution is 2.15. The largest absolute Gasteiger partial charge is 0.469 e. The maximum Gasteiger partial charge on any atom is 0.254 e. The number of carbonyl (C=O) groups excluding carboxylic acids is 1. The van der Waals surface area contributed by atoms with Crippen LogP contribution in [0.3, 0.4) is 0 Å². The van der Waals surface area contributed by atoms with E-state index in [1.807, 2.05) is 13.0 Å². The van der Waals surface area contributed by atoms with Crippen LogP contribution in [0.15, 0.2) is 45.5 Å². The molecule has 0 saturated carbocycles. The minimum Gasteiger partial charge on any atom is -0.469 e. The van der Waals surface area contributed by atoms with Crippen molar-refractivity contribution in [2.24, 2.45) is 0 Å². The number of halogens is 2. The van der Waals surface area contributed by atoms with Gasteiger partial charge in [-0.15, -0.1) is 0 Å². The van der Waals surface area contributed by atoms with Crippen molar-refractivity contribution in [2.75, 3.05) is 0 Å². The average molecular weight is 326 g/mol. The number of rotatable bonds is 4. The zero-order chi connectivity index (χ0) is 13.8. The van der Waals surface area contributed by atoms with Gasteiger partial charge in [0.2, 0.25) is 0 Å². The Labute approximate surface area is 118 Å². The summed E-state index contributed by atoms with van der Waals surface area (Å²) in [6.45, 7) is 1.84. The van der Waals surface area contributed by atoms with Crippen LogP contribution in [0.1, 0.15) is 23.0 Å². The molecule has 1 aromatic carbocycles. The molecule has 1 atom stereocenters. The van der Waals surface area contributed by atoms with E-state index in [0.717, 1.165) is 5.76 Å². The SMILES string of the molecule is CC(Cc1ccco1)NC(=O)c1cc(Br)ccc1F. The Hall–Kier alpha value is -1.62. The zero-order valence-electron chi connectivity index (χ0n) is 10.3. The fourth-order valence-electron chi connectivity index (χ4n) is 1.75. The molecule has 1 aromatic heterocycles. The lowest BCUT2D eigenvalue weighted by Gasteiger charge is -2.13. The van der Waals surface area contributed by atoms with E-state index in [0.29, 0.717) is 10.9 Å². The molecule has 1 unspecified atom stereocenters. The molecule has 1 heterocycles. The normalized spacial score (nSPS) is 12.2. The second-order valence-corrected chi connectivity index (χ2v) is 5.20. The molecule has 3 nitrogen and oxygen atoms in total. The molecule has 1 amide bonds. The molecule has 19 heavy (non-hydrogen) atoms. The van der Waals surface area contributed by atoms with Gasteiger partial charge in [0.05, 0.1) is 11.8 Å². The van der Waals surface area contributed by atoms with Crippen molar-refractivity contribution in [3.63, 3.8) is 0 Å². The van der Waals surface area contributed by atoms with Crippen molar-refractivity contribution in [3.05, 3.63) is 58.2 Å². The number of nitrogens with one attached hydrogen (secondary N) is 1. The van der Waals surface area contributed by atoms with E-state index in [1.54, 1.807) is 18.4 Å². The van der Waals surface area contributed by atoms with Gasteiger partial charge in [-0.25, -0.2) is 4.39 Å². The van der Waals surface area contributed by atoms with Gasteiger partial charge in [0.15, 0.2) is 0 Å². The molecule has 5 heteroatoms. The first-order valence-corrected chi connectivity index (χ1v) is 6.64. The Bertz CT molecular complexity index is 569.